The van der Waals surface area contributed by atoms with Crippen molar-refractivity contribution in [2.75, 3.05) is 9.80 Å². The number of nitrogens with zero attached hydrogens (tertiary/aromatic N) is 4. The van der Waals surface area contributed by atoms with Crippen molar-refractivity contribution in [3.63, 3.8) is 0 Å². The van der Waals surface area contributed by atoms with Gasteiger partial charge in [-0.05, 0) is 67.0 Å². The lowest BCUT2D eigenvalue weighted by Gasteiger charge is -2.47. The maximum absolute atomic E-state index is 4.82. The minimum absolute atomic E-state index is 0.158. The molecule has 4 heteroatoms. The fourth-order valence-electron chi connectivity index (χ4n) is 5.52. The first kappa shape index (κ1) is 20.0. The van der Waals surface area contributed by atoms with Gasteiger partial charge in [-0.3, -0.25) is 0 Å². The van der Waals surface area contributed by atoms with Crippen molar-refractivity contribution in [2.45, 2.75) is 71.4 Å². The van der Waals surface area contributed by atoms with E-state index in [1.807, 2.05) is 12.4 Å². The SMILES string of the molecule is CCc1ccc(N2c3nccnc3N3c4ccc(CC)cc4C(CC)(CC)CC23)cc1. The van der Waals surface area contributed by atoms with Crippen LogP contribution in [-0.4, -0.2) is 16.1 Å². The molecular weight excluding hydrogens is 380 g/mol. The third kappa shape index (κ3) is 2.95. The Bertz CT molecular complexity index is 1080. The van der Waals surface area contributed by atoms with Crippen LogP contribution in [0.3, 0.4) is 0 Å². The van der Waals surface area contributed by atoms with Crippen LogP contribution in [0.2, 0.25) is 0 Å². The predicted molar refractivity (Wildman–Crippen MR) is 129 cm³/mol. The molecule has 0 radical (unpaired) electrons. The molecule has 0 aliphatic carbocycles. The average Bonchev–Trinajstić information content (AvgIpc) is 3.17. The molecule has 1 atom stereocenters. The van der Waals surface area contributed by atoms with Gasteiger partial charge in [-0.2, -0.15) is 0 Å². The highest BCUT2D eigenvalue weighted by Crippen LogP contribution is 2.56. The van der Waals surface area contributed by atoms with E-state index < -0.39 is 0 Å². The second-order valence-corrected chi connectivity index (χ2v) is 8.84. The summed E-state index contributed by atoms with van der Waals surface area (Å²) in [5, 5.41) is 0. The lowest BCUT2D eigenvalue weighted by molar-refractivity contribution is 0.322. The third-order valence-electron chi connectivity index (χ3n) is 7.56. The van der Waals surface area contributed by atoms with Crippen molar-refractivity contribution in [2.24, 2.45) is 0 Å². The van der Waals surface area contributed by atoms with Crippen molar-refractivity contribution in [1.29, 1.82) is 0 Å². The predicted octanol–water partition coefficient (Wildman–Crippen LogP) is 6.68. The number of aromatic nitrogens is 2. The van der Waals surface area contributed by atoms with E-state index >= 15 is 0 Å². The highest BCUT2D eigenvalue weighted by Gasteiger charge is 2.50. The monoisotopic (exact) mass is 412 g/mol. The molecule has 5 rings (SSSR count). The number of hydrogen-bond donors (Lipinski definition) is 0. The van der Waals surface area contributed by atoms with Crippen molar-refractivity contribution in [1.82, 2.24) is 9.97 Å². The molecule has 0 fully saturated rings. The van der Waals surface area contributed by atoms with Crippen LogP contribution in [0.25, 0.3) is 0 Å². The first-order valence-corrected chi connectivity index (χ1v) is 11.8. The largest absolute Gasteiger partial charge is 0.302 e. The van der Waals surface area contributed by atoms with Crippen LogP contribution >= 0.6 is 0 Å². The zero-order valence-corrected chi connectivity index (χ0v) is 19.1. The second-order valence-electron chi connectivity index (χ2n) is 8.84. The van der Waals surface area contributed by atoms with E-state index in [-0.39, 0.29) is 11.6 Å². The Labute approximate surface area is 186 Å². The van der Waals surface area contributed by atoms with Gasteiger partial charge < -0.3 is 9.80 Å². The Balaban J connectivity index is 1.72. The maximum atomic E-state index is 4.82. The molecule has 1 unspecified atom stereocenters. The fraction of sp³-hybridized carbons (Fsp3) is 0.407. The average molecular weight is 413 g/mol. The topological polar surface area (TPSA) is 32.3 Å². The standard InChI is InChI=1S/C27H32N4/c1-5-19-9-12-21(13-10-19)30-24-18-27(7-3,8-4)22-17-20(6-2)11-14-23(22)31(24)26-25(30)28-15-16-29-26/h9-17,24H,5-8,18H2,1-4H3. The van der Waals surface area contributed by atoms with Gasteiger partial charge in [0.05, 0.1) is 0 Å². The molecule has 0 N–H and O–H groups in total. The van der Waals surface area contributed by atoms with Gasteiger partial charge in [-0.25, -0.2) is 9.97 Å². The number of anilines is 4. The van der Waals surface area contributed by atoms with E-state index in [2.05, 4.69) is 80.0 Å². The van der Waals surface area contributed by atoms with E-state index in [1.54, 1.807) is 0 Å². The Morgan fingerprint density at radius 3 is 2.03 bits per heavy atom. The van der Waals surface area contributed by atoms with Crippen LogP contribution in [-0.2, 0) is 18.3 Å². The van der Waals surface area contributed by atoms with Gasteiger partial charge in [0.25, 0.3) is 0 Å². The van der Waals surface area contributed by atoms with E-state index in [0.717, 1.165) is 43.7 Å². The molecule has 0 saturated carbocycles. The molecular formula is C27H32N4. The van der Waals surface area contributed by atoms with Crippen molar-refractivity contribution in [3.8, 4) is 0 Å². The maximum Gasteiger partial charge on any atom is 0.178 e. The van der Waals surface area contributed by atoms with Crippen molar-refractivity contribution >= 4 is 23.0 Å². The van der Waals surface area contributed by atoms with E-state index in [4.69, 9.17) is 9.97 Å². The molecule has 31 heavy (non-hydrogen) atoms. The van der Waals surface area contributed by atoms with Gasteiger partial charge in [0.15, 0.2) is 11.6 Å². The molecule has 2 aliphatic heterocycles. The van der Waals surface area contributed by atoms with E-state index in [1.165, 1.54) is 28.1 Å². The van der Waals surface area contributed by atoms with Gasteiger partial charge in [0, 0.05) is 29.2 Å². The highest BCUT2D eigenvalue weighted by atomic mass is 15.5. The first-order valence-electron chi connectivity index (χ1n) is 11.8. The number of benzene rings is 2. The molecule has 0 amide bonds. The Morgan fingerprint density at radius 1 is 0.806 bits per heavy atom. The first-order chi connectivity index (χ1) is 15.2. The molecule has 0 spiro atoms. The van der Waals surface area contributed by atoms with Gasteiger partial charge in [0.1, 0.15) is 6.17 Å². The summed E-state index contributed by atoms with van der Waals surface area (Å²) in [5.41, 5.74) is 6.90. The summed E-state index contributed by atoms with van der Waals surface area (Å²) in [6, 6.07) is 16.0. The minimum Gasteiger partial charge on any atom is -0.302 e. The number of aryl methyl sites for hydroxylation is 2. The van der Waals surface area contributed by atoms with Crippen molar-refractivity contribution < 1.29 is 0 Å². The Hall–Kier alpha value is -2.88. The quantitative estimate of drug-likeness (QED) is 0.468. The summed E-state index contributed by atoms with van der Waals surface area (Å²) in [6.07, 6.45) is 9.26. The molecule has 4 nitrogen and oxygen atoms in total. The summed E-state index contributed by atoms with van der Waals surface area (Å²) < 4.78 is 0. The molecule has 0 saturated heterocycles. The van der Waals surface area contributed by atoms with Crippen molar-refractivity contribution in [3.05, 3.63) is 71.5 Å². The number of hydrogen-bond acceptors (Lipinski definition) is 4. The van der Waals surface area contributed by atoms with Crippen LogP contribution < -0.4 is 9.80 Å². The second kappa shape index (κ2) is 7.67. The van der Waals surface area contributed by atoms with Crippen LogP contribution in [0.4, 0.5) is 23.0 Å². The van der Waals surface area contributed by atoms with Gasteiger partial charge in [0.2, 0.25) is 0 Å². The highest BCUT2D eigenvalue weighted by molar-refractivity contribution is 5.86. The summed E-state index contributed by atoms with van der Waals surface area (Å²) in [4.78, 5) is 14.5. The summed E-state index contributed by atoms with van der Waals surface area (Å²) in [5.74, 6) is 1.93. The smallest absolute Gasteiger partial charge is 0.178 e. The normalized spacial score (nSPS) is 18.5. The van der Waals surface area contributed by atoms with Gasteiger partial charge in [-0.15, -0.1) is 0 Å². The summed E-state index contributed by atoms with van der Waals surface area (Å²) in [7, 11) is 0. The lowest BCUT2D eigenvalue weighted by atomic mass is 9.69. The zero-order valence-electron chi connectivity index (χ0n) is 19.1. The molecule has 160 valence electrons. The number of fused-ring (bicyclic) bond motifs is 5. The van der Waals surface area contributed by atoms with Gasteiger partial charge in [-0.1, -0.05) is 52.0 Å². The minimum atomic E-state index is 0.158. The van der Waals surface area contributed by atoms with Gasteiger partial charge >= 0.3 is 0 Å². The van der Waals surface area contributed by atoms with Crippen LogP contribution in [0.15, 0.2) is 54.9 Å². The Kier molecular flexibility index (Phi) is 4.96. The molecule has 2 aliphatic rings. The zero-order chi connectivity index (χ0) is 21.6. The fourth-order valence-corrected chi connectivity index (χ4v) is 5.52. The van der Waals surface area contributed by atoms with Crippen LogP contribution in [0, 0.1) is 0 Å². The third-order valence-corrected chi connectivity index (χ3v) is 7.56. The van der Waals surface area contributed by atoms with Crippen LogP contribution in [0.5, 0.6) is 0 Å². The molecule has 3 heterocycles. The summed E-state index contributed by atoms with van der Waals surface area (Å²) >= 11 is 0. The summed E-state index contributed by atoms with van der Waals surface area (Å²) in [6.45, 7) is 9.14. The number of rotatable bonds is 5. The Morgan fingerprint density at radius 2 is 1.42 bits per heavy atom. The molecule has 3 aromatic rings. The van der Waals surface area contributed by atoms with E-state index in [9.17, 15) is 0 Å². The van der Waals surface area contributed by atoms with Crippen LogP contribution in [0.1, 0.15) is 63.6 Å². The molecule has 1 aromatic heterocycles. The molecule has 2 aromatic carbocycles. The molecule has 0 bridgehead atoms. The van der Waals surface area contributed by atoms with E-state index in [0.29, 0.717) is 0 Å². The lowest BCUT2D eigenvalue weighted by Crippen LogP contribution is -2.48.